The standard InChI is InChI=1S/C14H23NO3S/c1-5-15-14(4,13(16)17-6-2)8-10-19-12-7-9-18-11(12)3/h7,9,15H,5-6,8,10H2,1-4H3. The monoisotopic (exact) mass is 285 g/mol. The van der Waals surface area contributed by atoms with Crippen LogP contribution in [0.4, 0.5) is 0 Å². The molecule has 108 valence electrons. The van der Waals surface area contributed by atoms with Gasteiger partial charge in [0.05, 0.1) is 12.9 Å². The fourth-order valence-corrected chi connectivity index (χ4v) is 2.96. The van der Waals surface area contributed by atoms with Crippen molar-refractivity contribution in [2.45, 2.75) is 44.6 Å². The lowest BCUT2D eigenvalue weighted by Gasteiger charge is -2.27. The van der Waals surface area contributed by atoms with E-state index in [-0.39, 0.29) is 5.97 Å². The second-order valence-corrected chi connectivity index (χ2v) is 5.66. The number of rotatable bonds is 8. The average molecular weight is 285 g/mol. The summed E-state index contributed by atoms with van der Waals surface area (Å²) in [5, 5.41) is 3.23. The maximum absolute atomic E-state index is 12.0. The van der Waals surface area contributed by atoms with Crippen LogP contribution in [-0.2, 0) is 9.53 Å². The smallest absolute Gasteiger partial charge is 0.326 e. The molecule has 1 rings (SSSR count). The highest BCUT2D eigenvalue weighted by molar-refractivity contribution is 7.99. The molecule has 0 saturated heterocycles. The number of thioether (sulfide) groups is 1. The lowest BCUT2D eigenvalue weighted by molar-refractivity contribution is -0.150. The van der Waals surface area contributed by atoms with Gasteiger partial charge in [-0.05, 0) is 39.8 Å². The van der Waals surface area contributed by atoms with Crippen molar-refractivity contribution in [3.8, 4) is 0 Å². The zero-order chi connectivity index (χ0) is 14.3. The van der Waals surface area contributed by atoms with Crippen LogP contribution in [-0.4, -0.2) is 30.4 Å². The predicted octanol–water partition coefficient (Wildman–Crippen LogP) is 3.00. The van der Waals surface area contributed by atoms with Gasteiger partial charge in [-0.2, -0.15) is 0 Å². The molecule has 1 unspecified atom stereocenters. The van der Waals surface area contributed by atoms with Crippen LogP contribution in [0.5, 0.6) is 0 Å². The molecule has 0 aliphatic rings. The van der Waals surface area contributed by atoms with Crippen LogP contribution in [0.25, 0.3) is 0 Å². The fraction of sp³-hybridized carbons (Fsp3) is 0.643. The number of hydrogen-bond donors (Lipinski definition) is 1. The summed E-state index contributed by atoms with van der Waals surface area (Å²) in [4.78, 5) is 13.1. The third-order valence-corrected chi connectivity index (χ3v) is 4.11. The first-order valence-corrected chi connectivity index (χ1v) is 7.61. The summed E-state index contributed by atoms with van der Waals surface area (Å²) >= 11 is 1.70. The molecule has 5 heteroatoms. The molecule has 1 N–H and O–H groups in total. The number of esters is 1. The van der Waals surface area contributed by atoms with Crippen LogP contribution in [0.1, 0.15) is 33.0 Å². The van der Waals surface area contributed by atoms with Crippen molar-refractivity contribution < 1.29 is 13.9 Å². The molecule has 1 aromatic heterocycles. The number of hydrogen-bond acceptors (Lipinski definition) is 5. The third kappa shape index (κ3) is 4.58. The topological polar surface area (TPSA) is 51.5 Å². The molecule has 0 spiro atoms. The number of furan rings is 1. The van der Waals surface area contributed by atoms with Gasteiger partial charge in [-0.25, -0.2) is 0 Å². The van der Waals surface area contributed by atoms with Crippen LogP contribution >= 0.6 is 11.8 Å². The van der Waals surface area contributed by atoms with E-state index in [1.165, 1.54) is 0 Å². The van der Waals surface area contributed by atoms with Gasteiger partial charge in [-0.1, -0.05) is 6.92 Å². The van der Waals surface area contributed by atoms with E-state index in [9.17, 15) is 4.79 Å². The van der Waals surface area contributed by atoms with E-state index >= 15 is 0 Å². The van der Waals surface area contributed by atoms with E-state index in [0.717, 1.165) is 29.4 Å². The summed E-state index contributed by atoms with van der Waals surface area (Å²) in [7, 11) is 0. The van der Waals surface area contributed by atoms with Gasteiger partial charge in [-0.15, -0.1) is 11.8 Å². The Kier molecular flexibility index (Phi) is 6.45. The molecule has 0 radical (unpaired) electrons. The molecule has 1 atom stereocenters. The summed E-state index contributed by atoms with van der Waals surface area (Å²) in [6.45, 7) is 8.81. The fourth-order valence-electron chi connectivity index (χ4n) is 1.83. The van der Waals surface area contributed by atoms with Crippen molar-refractivity contribution in [1.29, 1.82) is 0 Å². The van der Waals surface area contributed by atoms with Crippen LogP contribution in [0.15, 0.2) is 21.6 Å². The Labute approximate surface area is 119 Å². The van der Waals surface area contributed by atoms with Gasteiger partial charge in [0.2, 0.25) is 0 Å². The zero-order valence-corrected chi connectivity index (χ0v) is 12.9. The number of aryl methyl sites for hydroxylation is 1. The average Bonchev–Trinajstić information content (AvgIpc) is 2.76. The Morgan fingerprint density at radius 3 is 2.79 bits per heavy atom. The second-order valence-electron chi connectivity index (χ2n) is 4.52. The van der Waals surface area contributed by atoms with Crippen LogP contribution in [0, 0.1) is 6.92 Å². The van der Waals surface area contributed by atoms with Crippen molar-refractivity contribution in [2.24, 2.45) is 0 Å². The summed E-state index contributed by atoms with van der Waals surface area (Å²) in [6.07, 6.45) is 2.40. The predicted molar refractivity (Wildman–Crippen MR) is 77.5 cm³/mol. The van der Waals surface area contributed by atoms with Crippen LogP contribution in [0.3, 0.4) is 0 Å². The summed E-state index contributed by atoms with van der Waals surface area (Å²) in [5.41, 5.74) is -0.616. The van der Waals surface area contributed by atoms with Crippen LogP contribution in [0.2, 0.25) is 0 Å². The number of carbonyl (C=O) groups excluding carboxylic acids is 1. The molecule has 0 bridgehead atoms. The van der Waals surface area contributed by atoms with Crippen molar-refractivity contribution >= 4 is 17.7 Å². The highest BCUT2D eigenvalue weighted by atomic mass is 32.2. The van der Waals surface area contributed by atoms with Gasteiger partial charge in [0.1, 0.15) is 11.3 Å². The Balaban J connectivity index is 2.54. The molecule has 0 aliphatic carbocycles. The molecule has 1 aromatic rings. The van der Waals surface area contributed by atoms with Gasteiger partial charge in [-0.3, -0.25) is 4.79 Å². The lowest BCUT2D eigenvalue weighted by Crippen LogP contribution is -2.50. The van der Waals surface area contributed by atoms with Crippen LogP contribution < -0.4 is 5.32 Å². The van der Waals surface area contributed by atoms with E-state index in [4.69, 9.17) is 9.15 Å². The van der Waals surface area contributed by atoms with Gasteiger partial charge < -0.3 is 14.5 Å². The van der Waals surface area contributed by atoms with Crippen molar-refractivity contribution in [1.82, 2.24) is 5.32 Å². The minimum atomic E-state index is -0.616. The molecule has 0 amide bonds. The highest BCUT2D eigenvalue weighted by Crippen LogP contribution is 2.26. The second kappa shape index (κ2) is 7.60. The summed E-state index contributed by atoms with van der Waals surface area (Å²) < 4.78 is 10.4. The first-order chi connectivity index (χ1) is 9.03. The third-order valence-electron chi connectivity index (χ3n) is 2.96. The van der Waals surface area contributed by atoms with Crippen molar-refractivity contribution in [2.75, 3.05) is 18.9 Å². The van der Waals surface area contributed by atoms with E-state index in [1.54, 1.807) is 18.0 Å². The molecular formula is C14H23NO3S. The lowest BCUT2D eigenvalue weighted by atomic mass is 9.99. The Bertz CT molecular complexity index is 405. The number of carbonyl (C=O) groups is 1. The molecule has 0 saturated carbocycles. The molecule has 19 heavy (non-hydrogen) atoms. The maximum Gasteiger partial charge on any atom is 0.326 e. The van der Waals surface area contributed by atoms with Gasteiger partial charge >= 0.3 is 5.97 Å². The van der Waals surface area contributed by atoms with E-state index < -0.39 is 5.54 Å². The van der Waals surface area contributed by atoms with Crippen molar-refractivity contribution in [3.05, 3.63) is 18.1 Å². The summed E-state index contributed by atoms with van der Waals surface area (Å²) in [5.74, 6) is 1.58. The molecule has 1 heterocycles. The first-order valence-electron chi connectivity index (χ1n) is 6.62. The number of nitrogens with one attached hydrogen (secondary N) is 1. The van der Waals surface area contributed by atoms with E-state index in [1.807, 2.05) is 33.8 Å². The molecule has 0 aliphatic heterocycles. The maximum atomic E-state index is 12.0. The number of likely N-dealkylation sites (N-methyl/N-ethyl adjacent to an activating group) is 1. The SMILES string of the molecule is CCNC(C)(CCSc1ccoc1C)C(=O)OCC. The molecular weight excluding hydrogens is 262 g/mol. The van der Waals surface area contributed by atoms with Crippen molar-refractivity contribution in [3.63, 3.8) is 0 Å². The Morgan fingerprint density at radius 1 is 1.53 bits per heavy atom. The first kappa shape index (κ1) is 16.1. The molecule has 0 fully saturated rings. The highest BCUT2D eigenvalue weighted by Gasteiger charge is 2.33. The Hall–Kier alpha value is -0.940. The van der Waals surface area contributed by atoms with E-state index in [0.29, 0.717) is 6.61 Å². The summed E-state index contributed by atoms with van der Waals surface area (Å²) in [6, 6.07) is 1.95. The normalized spacial score (nSPS) is 14.1. The number of ether oxygens (including phenoxy) is 1. The largest absolute Gasteiger partial charge is 0.468 e. The molecule has 4 nitrogen and oxygen atoms in total. The van der Waals surface area contributed by atoms with Gasteiger partial charge in [0.15, 0.2) is 0 Å². The molecule has 0 aromatic carbocycles. The van der Waals surface area contributed by atoms with E-state index in [2.05, 4.69) is 5.32 Å². The minimum absolute atomic E-state index is 0.179. The Morgan fingerprint density at radius 2 is 2.26 bits per heavy atom. The zero-order valence-electron chi connectivity index (χ0n) is 12.1. The quantitative estimate of drug-likeness (QED) is 0.588. The minimum Gasteiger partial charge on any atom is -0.468 e. The van der Waals surface area contributed by atoms with Gasteiger partial charge in [0, 0.05) is 10.6 Å². The van der Waals surface area contributed by atoms with Gasteiger partial charge in [0.25, 0.3) is 0 Å².